The molecule has 10 aromatic rings. The van der Waals surface area contributed by atoms with Crippen LogP contribution < -0.4 is 0 Å². The van der Waals surface area contributed by atoms with Crippen LogP contribution in [0, 0.1) is 6.92 Å². The van der Waals surface area contributed by atoms with Crippen LogP contribution >= 0.6 is 24.1 Å². The topological polar surface area (TPSA) is 392 Å². The van der Waals surface area contributed by atoms with Crippen molar-refractivity contribution in [2.24, 2.45) is 20.5 Å². The van der Waals surface area contributed by atoms with Gasteiger partial charge in [0.25, 0.3) is 30.4 Å². The van der Waals surface area contributed by atoms with Gasteiger partial charge < -0.3 is 10.2 Å². The Bertz CT molecular complexity index is 4430. The smallest absolute Gasteiger partial charge is 0.295 e. The number of phenols is 2. The van der Waals surface area contributed by atoms with Crippen LogP contribution in [0.15, 0.2) is 154 Å². The van der Waals surface area contributed by atoms with Crippen LogP contribution in [0.5, 0.6) is 11.5 Å². The fourth-order valence-electron chi connectivity index (χ4n) is 7.77. The van der Waals surface area contributed by atoms with Crippen molar-refractivity contribution in [1.29, 1.82) is 0 Å². The zero-order chi connectivity index (χ0) is 53.1. The van der Waals surface area contributed by atoms with Gasteiger partial charge >= 0.3 is 0 Å². The van der Waals surface area contributed by atoms with Crippen LogP contribution in [0.2, 0.25) is 0 Å². The predicted octanol–water partition coefficient (Wildman–Crippen LogP) is 9.76. The summed E-state index contributed by atoms with van der Waals surface area (Å²) in [6, 6.07) is 25.2. The Morgan fingerprint density at radius 1 is 0.526 bits per heavy atom. The summed E-state index contributed by atoms with van der Waals surface area (Å²) in [6.45, 7) is 1.67. The van der Waals surface area contributed by atoms with Crippen LogP contribution in [0.1, 0.15) is 5.56 Å². The van der Waals surface area contributed by atoms with Crippen LogP contribution in [0.25, 0.3) is 65.8 Å². The molecule has 0 unspecified atom stereocenters. The first-order chi connectivity index (χ1) is 35.7. The molecular weight excluding hydrogens is 1150 g/mol. The number of hydrogen-bond donors (Lipinski definition) is 7. The second-order valence-electron chi connectivity index (χ2n) is 15.8. The average molecular weight is 1180 g/mol. The first kappa shape index (κ1) is 53.7. The van der Waals surface area contributed by atoms with Gasteiger partial charge in [-0.1, -0.05) is 22.2 Å². The average Bonchev–Trinajstić information content (AvgIpc) is 4.05. The third-order valence-electron chi connectivity index (χ3n) is 11.2. The van der Waals surface area contributed by atoms with Crippen molar-refractivity contribution in [3.8, 4) is 22.9 Å². The van der Waals surface area contributed by atoms with Gasteiger partial charge in [0.1, 0.15) is 44.1 Å². The minimum absolute atomic E-state index is 0. The van der Waals surface area contributed by atoms with Gasteiger partial charge in [-0.15, -0.1) is 39.3 Å². The minimum atomic E-state index is -4.97. The maximum absolute atomic E-state index is 12.2. The van der Waals surface area contributed by atoms with E-state index < -0.39 is 50.8 Å². The minimum Gasteiger partial charge on any atom is -0.506 e. The predicted molar refractivity (Wildman–Crippen MR) is 264 cm³/mol. The Kier molecular flexibility index (Phi) is 14.7. The number of aromatic hydroxyl groups is 2. The Morgan fingerprint density at radius 3 is 1.70 bits per heavy atom. The number of fused-ring (bicyclic) bond motifs is 7. The standard InChI is InChI=1S/C43H28N10O17S5.Cu/c1-20-12-35(36(54)19-34(20)45-44-22-2-4-23(5-3-22)52-48-32-10-8-28-30(40(32)50-52)15-25(73(58,59)60)17-37(28)71-69-67-56)46-47-42-38(72-70-68-57)14-21-13-24(6-7-27(21)43(42)55)53-49-33-11-9-29-31(41(33)51-53)16-26(74(61,62)63)18-39(29)75(64,65)66;/h2-19,54-57H,1H3,(H,58,59,60)(H,61,62,63)(H,64,65,66);. The molecule has 393 valence electrons. The number of rotatable bonds is 15. The van der Waals surface area contributed by atoms with E-state index in [2.05, 4.69) is 59.6 Å². The molecule has 0 fully saturated rings. The van der Waals surface area contributed by atoms with Gasteiger partial charge in [0.05, 0.1) is 61.5 Å². The summed E-state index contributed by atoms with van der Waals surface area (Å²) in [6.07, 6.45) is 0. The molecule has 0 atom stereocenters. The van der Waals surface area contributed by atoms with Crippen molar-refractivity contribution in [2.75, 3.05) is 0 Å². The second-order valence-corrected chi connectivity index (χ2v) is 21.5. The normalized spacial score (nSPS) is 12.6. The third-order valence-corrected chi connectivity index (χ3v) is 15.0. The van der Waals surface area contributed by atoms with Crippen LogP contribution in [0.3, 0.4) is 0 Å². The van der Waals surface area contributed by atoms with Crippen LogP contribution in [-0.4, -0.2) is 89.6 Å². The van der Waals surface area contributed by atoms with E-state index in [9.17, 15) is 49.1 Å². The fraction of sp³-hybridized carbons (Fsp3) is 0.0233. The van der Waals surface area contributed by atoms with E-state index in [1.165, 1.54) is 59.4 Å². The number of aryl methyl sites for hydroxylation is 1. The molecule has 0 saturated carbocycles. The third kappa shape index (κ3) is 10.5. The van der Waals surface area contributed by atoms with Gasteiger partial charge in [-0.3, -0.25) is 13.7 Å². The van der Waals surface area contributed by atoms with Gasteiger partial charge in [0, 0.05) is 55.0 Å². The number of azo groups is 2. The summed E-state index contributed by atoms with van der Waals surface area (Å²) in [5, 5.41) is 83.6. The second kappa shape index (κ2) is 20.8. The first-order valence-corrected chi connectivity index (χ1v) is 26.5. The molecular formula is C43H28CuN10O17S5. The Hall–Kier alpha value is -7.15. The molecule has 10 rings (SSSR count). The van der Waals surface area contributed by atoms with Gasteiger partial charge in [-0.05, 0) is 109 Å². The van der Waals surface area contributed by atoms with Crippen LogP contribution in [-0.2, 0) is 66.2 Å². The molecule has 1 radical (unpaired) electrons. The number of benzene rings is 8. The molecule has 27 nitrogen and oxygen atoms in total. The Labute approximate surface area is 443 Å². The van der Waals surface area contributed by atoms with Crippen molar-refractivity contribution in [3.05, 3.63) is 115 Å². The van der Waals surface area contributed by atoms with Crippen molar-refractivity contribution in [1.82, 2.24) is 30.0 Å². The maximum atomic E-state index is 12.2. The molecule has 0 aliphatic carbocycles. The molecule has 0 saturated heterocycles. The van der Waals surface area contributed by atoms with E-state index in [1.54, 1.807) is 43.3 Å². The number of phenolic OH excluding ortho intramolecular Hbond substituents is 2. The maximum Gasteiger partial charge on any atom is 0.295 e. The summed E-state index contributed by atoms with van der Waals surface area (Å²) < 4.78 is 111. The van der Waals surface area contributed by atoms with Crippen molar-refractivity contribution < 1.29 is 95.5 Å². The molecule has 0 aliphatic heterocycles. The van der Waals surface area contributed by atoms with E-state index in [0.29, 0.717) is 68.8 Å². The molecule has 76 heavy (non-hydrogen) atoms. The quantitative estimate of drug-likeness (QED) is 0.0125. The summed E-state index contributed by atoms with van der Waals surface area (Å²) >= 11 is 0.950. The summed E-state index contributed by atoms with van der Waals surface area (Å²) in [5.41, 5.74) is 2.54. The van der Waals surface area contributed by atoms with Crippen molar-refractivity contribution in [2.45, 2.75) is 31.4 Å². The number of nitrogens with zero attached hydrogens (tertiary/aromatic N) is 10. The van der Waals surface area contributed by atoms with Crippen molar-refractivity contribution in [3.63, 3.8) is 0 Å². The monoisotopic (exact) mass is 1180 g/mol. The molecule has 0 bridgehead atoms. The summed E-state index contributed by atoms with van der Waals surface area (Å²) in [4.78, 5) is 0.628. The summed E-state index contributed by atoms with van der Waals surface area (Å²) in [5.74, 6) is -0.792. The molecule has 7 N–H and O–H groups in total. The molecule has 8 aromatic carbocycles. The van der Waals surface area contributed by atoms with Crippen LogP contribution in [0.4, 0.5) is 22.7 Å². The summed E-state index contributed by atoms with van der Waals surface area (Å²) in [7, 11) is -14.6. The van der Waals surface area contributed by atoms with Gasteiger partial charge in [-0.25, -0.2) is 10.5 Å². The van der Waals surface area contributed by atoms with Gasteiger partial charge in [-0.2, -0.15) is 45.1 Å². The number of hydrogen-bond acceptors (Lipinski definition) is 24. The van der Waals surface area contributed by atoms with E-state index in [4.69, 9.17) is 10.5 Å². The van der Waals surface area contributed by atoms with Crippen molar-refractivity contribution >= 4 is 132 Å². The van der Waals surface area contributed by atoms with Gasteiger partial charge in [0.15, 0.2) is 5.75 Å². The Morgan fingerprint density at radius 2 is 1.08 bits per heavy atom. The van der Waals surface area contributed by atoms with E-state index in [-0.39, 0.29) is 88.1 Å². The zero-order valence-corrected chi connectivity index (χ0v) is 42.4. The van der Waals surface area contributed by atoms with E-state index >= 15 is 0 Å². The van der Waals surface area contributed by atoms with E-state index in [0.717, 1.165) is 16.9 Å². The largest absolute Gasteiger partial charge is 0.506 e. The molecule has 2 aromatic heterocycles. The Balaban J connectivity index is 0.00000706. The fourth-order valence-corrected chi connectivity index (χ4v) is 10.8. The number of aromatic nitrogens is 6. The molecule has 2 heterocycles. The molecule has 33 heteroatoms. The molecule has 0 amide bonds. The zero-order valence-electron chi connectivity index (χ0n) is 37.4. The van der Waals surface area contributed by atoms with Gasteiger partial charge in [0.2, 0.25) is 0 Å². The first-order valence-electron chi connectivity index (χ1n) is 20.7. The SMILES string of the molecule is Cc1cc(N=Nc2c(SOOO)cc3cc(-n4nc5ccc6c(S(=O)(=O)O)cc(S(=O)(=O)O)cc6c5n4)ccc3c2O)c(O)cc1N=Nc1ccc(-n2nc3ccc4c(SOOO)cc(S(=O)(=O)O)cc4c3n2)cc1.[Cu]. The molecule has 0 spiro atoms. The molecule has 0 aliphatic rings. The van der Waals surface area contributed by atoms with E-state index in [1.807, 2.05) is 0 Å².